The van der Waals surface area contributed by atoms with E-state index in [0.717, 1.165) is 46.0 Å². The number of hydrogen-bond acceptors (Lipinski definition) is 3. The van der Waals surface area contributed by atoms with Crippen LogP contribution in [0.15, 0.2) is 49.3 Å². The third-order valence-corrected chi connectivity index (χ3v) is 4.58. The molecule has 3 aromatic rings. The van der Waals surface area contributed by atoms with Gasteiger partial charge in [0.25, 0.3) is 0 Å². The Hall–Kier alpha value is -3.01. The number of pyridine rings is 2. The Morgan fingerprint density at radius 2 is 2.00 bits per heavy atom. The highest BCUT2D eigenvalue weighted by atomic mass is 16.2. The molecule has 4 rings (SSSR count). The molecule has 1 N–H and O–H groups in total. The second kappa shape index (κ2) is 6.13. The van der Waals surface area contributed by atoms with Gasteiger partial charge in [0.15, 0.2) is 0 Å². The molecule has 1 aliphatic carbocycles. The first-order chi connectivity index (χ1) is 12.1. The second-order valence-corrected chi connectivity index (χ2v) is 6.50. The number of anilines is 1. The van der Waals surface area contributed by atoms with E-state index < -0.39 is 0 Å². The fourth-order valence-corrected chi connectivity index (χ4v) is 2.90. The molecule has 1 aliphatic rings. The Labute approximate surface area is 146 Å². The summed E-state index contributed by atoms with van der Waals surface area (Å²) < 4.78 is 0. The molecule has 4 nitrogen and oxygen atoms in total. The number of aryl methyl sites for hydroxylation is 1. The van der Waals surface area contributed by atoms with E-state index in [-0.39, 0.29) is 11.8 Å². The summed E-state index contributed by atoms with van der Waals surface area (Å²) in [5.41, 5.74) is 4.16. The summed E-state index contributed by atoms with van der Waals surface area (Å²) in [6.45, 7) is 5.81. The molecule has 1 fully saturated rings. The van der Waals surface area contributed by atoms with Gasteiger partial charge in [-0.25, -0.2) is 4.98 Å². The van der Waals surface area contributed by atoms with Crippen LogP contribution in [0.2, 0.25) is 0 Å². The van der Waals surface area contributed by atoms with Gasteiger partial charge in [-0.05, 0) is 54.5 Å². The van der Waals surface area contributed by atoms with Crippen LogP contribution in [-0.4, -0.2) is 15.9 Å². The highest BCUT2D eigenvalue weighted by molar-refractivity contribution is 5.96. The van der Waals surface area contributed by atoms with Gasteiger partial charge < -0.3 is 5.32 Å². The van der Waals surface area contributed by atoms with Crippen LogP contribution in [0.4, 0.5) is 5.82 Å². The lowest BCUT2D eigenvalue weighted by Gasteiger charge is -2.09. The number of carbonyl (C=O) groups excluding carboxylic acids is 1. The van der Waals surface area contributed by atoms with Gasteiger partial charge in [-0.1, -0.05) is 24.8 Å². The summed E-state index contributed by atoms with van der Waals surface area (Å²) in [7, 11) is 0. The first kappa shape index (κ1) is 15.5. The molecule has 4 heteroatoms. The van der Waals surface area contributed by atoms with Gasteiger partial charge >= 0.3 is 0 Å². The lowest BCUT2D eigenvalue weighted by molar-refractivity contribution is -0.117. The van der Waals surface area contributed by atoms with Gasteiger partial charge in [0.05, 0.1) is 0 Å². The minimum atomic E-state index is 0.0754. The average Bonchev–Trinajstić information content (AvgIpc) is 3.47. The SMILES string of the molecule is C=Cc1cnc(C)c(-c2ccc3cc(NC(=O)C4CC4)ncc3c2)c1. The van der Waals surface area contributed by atoms with Crippen LogP contribution in [0.1, 0.15) is 24.1 Å². The van der Waals surface area contributed by atoms with Crippen LogP contribution in [0.3, 0.4) is 0 Å². The molecule has 0 unspecified atom stereocenters. The quantitative estimate of drug-likeness (QED) is 0.761. The molecule has 0 atom stereocenters. The summed E-state index contributed by atoms with van der Waals surface area (Å²) >= 11 is 0. The normalized spacial score (nSPS) is 13.6. The average molecular weight is 329 g/mol. The maximum absolute atomic E-state index is 11.9. The number of amides is 1. The monoisotopic (exact) mass is 329 g/mol. The Bertz CT molecular complexity index is 990. The highest BCUT2D eigenvalue weighted by Crippen LogP contribution is 2.31. The predicted molar refractivity (Wildman–Crippen MR) is 101 cm³/mol. The van der Waals surface area contributed by atoms with E-state index in [0.29, 0.717) is 5.82 Å². The number of benzene rings is 1. The van der Waals surface area contributed by atoms with E-state index in [9.17, 15) is 4.79 Å². The zero-order chi connectivity index (χ0) is 17.4. The number of carbonyl (C=O) groups is 1. The summed E-state index contributed by atoms with van der Waals surface area (Å²) in [4.78, 5) is 20.7. The van der Waals surface area contributed by atoms with Crippen molar-refractivity contribution < 1.29 is 4.79 Å². The minimum absolute atomic E-state index is 0.0754. The first-order valence-electron chi connectivity index (χ1n) is 8.44. The molecule has 2 aromatic heterocycles. The van der Waals surface area contributed by atoms with Crippen LogP contribution >= 0.6 is 0 Å². The lowest BCUT2D eigenvalue weighted by Crippen LogP contribution is -2.14. The van der Waals surface area contributed by atoms with Crippen molar-refractivity contribution in [1.82, 2.24) is 9.97 Å². The molecule has 0 saturated heterocycles. The molecular formula is C21H19N3O. The summed E-state index contributed by atoms with van der Waals surface area (Å²) in [6, 6.07) is 10.2. The Morgan fingerprint density at radius 1 is 1.16 bits per heavy atom. The van der Waals surface area contributed by atoms with Gasteiger partial charge in [0, 0.05) is 35.0 Å². The Morgan fingerprint density at radius 3 is 2.76 bits per heavy atom. The molecule has 0 aliphatic heterocycles. The molecule has 2 heterocycles. The number of fused-ring (bicyclic) bond motifs is 1. The van der Waals surface area contributed by atoms with E-state index in [1.54, 1.807) is 6.08 Å². The lowest BCUT2D eigenvalue weighted by atomic mass is 10.00. The van der Waals surface area contributed by atoms with Crippen molar-refractivity contribution in [2.45, 2.75) is 19.8 Å². The standard InChI is InChI=1S/C21H19N3O/c1-3-14-8-19(13(2)22-11-14)17-7-6-16-10-20(23-12-18(16)9-17)24-21(25)15-4-5-15/h3,6-12,15H,1,4-5H2,2H3,(H,23,24,25). The number of nitrogens with zero attached hydrogens (tertiary/aromatic N) is 2. The Kier molecular flexibility index (Phi) is 3.80. The number of aromatic nitrogens is 2. The number of hydrogen-bond donors (Lipinski definition) is 1. The van der Waals surface area contributed by atoms with Crippen molar-refractivity contribution in [3.05, 3.63) is 60.6 Å². The second-order valence-electron chi connectivity index (χ2n) is 6.50. The van der Waals surface area contributed by atoms with Crippen LogP contribution in [-0.2, 0) is 4.79 Å². The summed E-state index contributed by atoms with van der Waals surface area (Å²) in [5.74, 6) is 0.863. The molecule has 1 saturated carbocycles. The first-order valence-corrected chi connectivity index (χ1v) is 8.44. The van der Waals surface area contributed by atoms with E-state index in [2.05, 4.69) is 46.1 Å². The fraction of sp³-hybridized carbons (Fsp3) is 0.190. The third kappa shape index (κ3) is 3.15. The van der Waals surface area contributed by atoms with Crippen molar-refractivity contribution in [2.75, 3.05) is 5.32 Å². The zero-order valence-electron chi connectivity index (χ0n) is 14.1. The molecule has 124 valence electrons. The van der Waals surface area contributed by atoms with Gasteiger partial charge in [-0.15, -0.1) is 0 Å². The molecule has 0 bridgehead atoms. The van der Waals surface area contributed by atoms with E-state index in [1.165, 1.54) is 0 Å². The minimum Gasteiger partial charge on any atom is -0.310 e. The molecule has 0 radical (unpaired) electrons. The summed E-state index contributed by atoms with van der Waals surface area (Å²) in [5, 5.41) is 4.98. The van der Waals surface area contributed by atoms with Crippen LogP contribution < -0.4 is 5.32 Å². The van der Waals surface area contributed by atoms with E-state index in [4.69, 9.17) is 0 Å². The Balaban J connectivity index is 1.68. The van der Waals surface area contributed by atoms with Gasteiger partial charge in [0.2, 0.25) is 5.91 Å². The molecule has 25 heavy (non-hydrogen) atoms. The third-order valence-electron chi connectivity index (χ3n) is 4.58. The maximum atomic E-state index is 11.9. The van der Waals surface area contributed by atoms with Crippen molar-refractivity contribution >= 4 is 28.6 Å². The number of rotatable bonds is 4. The van der Waals surface area contributed by atoms with E-state index >= 15 is 0 Å². The van der Waals surface area contributed by atoms with Gasteiger partial charge in [-0.3, -0.25) is 9.78 Å². The topological polar surface area (TPSA) is 54.9 Å². The van der Waals surface area contributed by atoms with Crippen molar-refractivity contribution in [3.63, 3.8) is 0 Å². The molecule has 1 aromatic carbocycles. The van der Waals surface area contributed by atoms with Crippen LogP contribution in [0.25, 0.3) is 28.0 Å². The largest absolute Gasteiger partial charge is 0.310 e. The molecular weight excluding hydrogens is 310 g/mol. The zero-order valence-corrected chi connectivity index (χ0v) is 14.1. The van der Waals surface area contributed by atoms with Crippen LogP contribution in [0.5, 0.6) is 0 Å². The van der Waals surface area contributed by atoms with Crippen molar-refractivity contribution in [1.29, 1.82) is 0 Å². The molecule has 1 amide bonds. The maximum Gasteiger partial charge on any atom is 0.228 e. The highest BCUT2D eigenvalue weighted by Gasteiger charge is 2.29. The predicted octanol–water partition coefficient (Wildman–Crippen LogP) is 4.60. The fourth-order valence-electron chi connectivity index (χ4n) is 2.90. The van der Waals surface area contributed by atoms with Crippen molar-refractivity contribution in [2.24, 2.45) is 5.92 Å². The molecule has 0 spiro atoms. The smallest absolute Gasteiger partial charge is 0.228 e. The van der Waals surface area contributed by atoms with Gasteiger partial charge in [0.1, 0.15) is 5.82 Å². The summed E-state index contributed by atoms with van der Waals surface area (Å²) in [6.07, 6.45) is 7.40. The van der Waals surface area contributed by atoms with E-state index in [1.807, 2.05) is 25.4 Å². The van der Waals surface area contributed by atoms with Gasteiger partial charge in [-0.2, -0.15) is 0 Å². The van der Waals surface area contributed by atoms with Crippen LogP contribution in [0, 0.1) is 12.8 Å². The number of nitrogens with one attached hydrogen (secondary N) is 1. The van der Waals surface area contributed by atoms with Crippen molar-refractivity contribution in [3.8, 4) is 11.1 Å².